The molecule has 3 aromatic rings. The predicted octanol–water partition coefficient (Wildman–Crippen LogP) is 3.62. The maximum absolute atomic E-state index is 13.7. The van der Waals surface area contributed by atoms with Gasteiger partial charge in [0.15, 0.2) is 0 Å². The normalized spacial score (nSPS) is 11.6. The number of aryl methyl sites for hydroxylation is 1. The number of fused-ring (bicyclic) bond motifs is 1. The van der Waals surface area contributed by atoms with Crippen molar-refractivity contribution in [2.24, 2.45) is 0 Å². The predicted molar refractivity (Wildman–Crippen MR) is 83.6 cm³/mol. The fraction of sp³-hybridized carbons (Fsp3) is 0.0625. The van der Waals surface area contributed by atoms with E-state index < -0.39 is 27.3 Å². The number of benzene rings is 2. The van der Waals surface area contributed by atoms with Crippen LogP contribution in [-0.2, 0) is 10.0 Å². The van der Waals surface area contributed by atoms with Crippen LogP contribution in [0.25, 0.3) is 10.9 Å². The van der Waals surface area contributed by atoms with Crippen molar-refractivity contribution in [3.63, 3.8) is 0 Å². The van der Waals surface area contributed by atoms with Crippen LogP contribution in [0.15, 0.2) is 53.6 Å². The van der Waals surface area contributed by atoms with Crippen LogP contribution < -0.4 is 4.72 Å². The molecule has 3 rings (SSSR count). The van der Waals surface area contributed by atoms with Crippen LogP contribution >= 0.6 is 0 Å². The zero-order valence-corrected chi connectivity index (χ0v) is 12.9. The van der Waals surface area contributed by atoms with Crippen molar-refractivity contribution in [1.29, 1.82) is 0 Å². The Morgan fingerprint density at radius 1 is 1.04 bits per heavy atom. The van der Waals surface area contributed by atoms with Gasteiger partial charge in [-0.3, -0.25) is 9.71 Å². The summed E-state index contributed by atoms with van der Waals surface area (Å²) in [5, 5.41) is 0.627. The van der Waals surface area contributed by atoms with E-state index >= 15 is 0 Å². The van der Waals surface area contributed by atoms with E-state index in [2.05, 4.69) is 4.98 Å². The van der Waals surface area contributed by atoms with Gasteiger partial charge in [-0.2, -0.15) is 0 Å². The molecule has 0 aliphatic heterocycles. The van der Waals surface area contributed by atoms with Crippen molar-refractivity contribution in [3.8, 4) is 0 Å². The number of nitrogens with one attached hydrogen (secondary N) is 1. The standard InChI is InChI=1S/C16H12F2N2O2S/c1-10-8-11-4-2-7-14(15(11)19-9-10)23(21,22)20-16-12(17)5-3-6-13(16)18/h2-9,20H,1H3. The molecule has 0 fully saturated rings. The molecule has 7 heteroatoms. The van der Waals surface area contributed by atoms with Gasteiger partial charge >= 0.3 is 0 Å². The molecule has 1 N–H and O–H groups in total. The Morgan fingerprint density at radius 2 is 1.70 bits per heavy atom. The number of sulfonamides is 1. The molecule has 1 heterocycles. The summed E-state index contributed by atoms with van der Waals surface area (Å²) in [5.41, 5.74) is 0.402. The van der Waals surface area contributed by atoms with E-state index in [9.17, 15) is 17.2 Å². The van der Waals surface area contributed by atoms with Gasteiger partial charge in [0.2, 0.25) is 0 Å². The number of anilines is 1. The van der Waals surface area contributed by atoms with Crippen LogP contribution in [0.1, 0.15) is 5.56 Å². The summed E-state index contributed by atoms with van der Waals surface area (Å²) in [6.45, 7) is 1.83. The number of rotatable bonds is 3. The van der Waals surface area contributed by atoms with Gasteiger partial charge in [-0.1, -0.05) is 18.2 Å². The first-order valence-electron chi connectivity index (χ1n) is 6.71. The number of halogens is 2. The first-order valence-corrected chi connectivity index (χ1v) is 8.19. The summed E-state index contributed by atoms with van der Waals surface area (Å²) in [7, 11) is -4.19. The summed E-state index contributed by atoms with van der Waals surface area (Å²) >= 11 is 0. The van der Waals surface area contributed by atoms with Crippen molar-refractivity contribution in [3.05, 3.63) is 65.9 Å². The molecule has 0 aliphatic carbocycles. The molecule has 0 saturated carbocycles. The molecular weight excluding hydrogens is 322 g/mol. The summed E-state index contributed by atoms with van der Waals surface area (Å²) in [6.07, 6.45) is 1.53. The number of aromatic nitrogens is 1. The average molecular weight is 334 g/mol. The zero-order valence-electron chi connectivity index (χ0n) is 12.0. The second-order valence-corrected chi connectivity index (χ2v) is 6.69. The van der Waals surface area contributed by atoms with Crippen molar-refractivity contribution >= 4 is 26.6 Å². The third kappa shape index (κ3) is 2.87. The van der Waals surface area contributed by atoms with Crippen LogP contribution in [-0.4, -0.2) is 13.4 Å². The maximum Gasteiger partial charge on any atom is 0.264 e. The third-order valence-electron chi connectivity index (χ3n) is 3.30. The van der Waals surface area contributed by atoms with E-state index in [1.54, 1.807) is 18.2 Å². The minimum absolute atomic E-state index is 0.141. The lowest BCUT2D eigenvalue weighted by Crippen LogP contribution is -2.16. The lowest BCUT2D eigenvalue weighted by Gasteiger charge is -2.11. The molecule has 0 saturated heterocycles. The molecule has 0 spiro atoms. The van der Waals surface area contributed by atoms with Gasteiger partial charge in [0.25, 0.3) is 10.0 Å². The molecular formula is C16H12F2N2O2S. The minimum Gasteiger partial charge on any atom is -0.274 e. The molecule has 23 heavy (non-hydrogen) atoms. The van der Waals surface area contributed by atoms with Crippen molar-refractivity contribution in [1.82, 2.24) is 4.98 Å². The minimum atomic E-state index is -4.19. The fourth-order valence-corrected chi connectivity index (χ4v) is 3.50. The van der Waals surface area contributed by atoms with Gasteiger partial charge < -0.3 is 0 Å². The van der Waals surface area contributed by atoms with E-state index in [0.29, 0.717) is 5.39 Å². The van der Waals surface area contributed by atoms with E-state index in [-0.39, 0.29) is 10.4 Å². The first kappa shape index (κ1) is 15.4. The lowest BCUT2D eigenvalue weighted by atomic mass is 10.2. The Hall–Kier alpha value is -2.54. The number of pyridine rings is 1. The van der Waals surface area contributed by atoms with Crippen LogP contribution in [0.5, 0.6) is 0 Å². The van der Waals surface area contributed by atoms with Crippen LogP contribution in [0.2, 0.25) is 0 Å². The molecule has 0 aliphatic rings. The lowest BCUT2D eigenvalue weighted by molar-refractivity contribution is 0.583. The molecule has 2 aromatic carbocycles. The highest BCUT2D eigenvalue weighted by molar-refractivity contribution is 7.93. The fourth-order valence-electron chi connectivity index (χ4n) is 2.24. The monoisotopic (exact) mass is 334 g/mol. The van der Waals surface area contributed by atoms with E-state index in [1.165, 1.54) is 12.3 Å². The Labute approximate surface area is 131 Å². The number of nitrogens with zero attached hydrogens (tertiary/aromatic N) is 1. The summed E-state index contributed by atoms with van der Waals surface area (Å²) in [5.74, 6) is -1.98. The second kappa shape index (κ2) is 5.58. The largest absolute Gasteiger partial charge is 0.274 e. The maximum atomic E-state index is 13.7. The quantitative estimate of drug-likeness (QED) is 0.796. The SMILES string of the molecule is Cc1cnc2c(S(=O)(=O)Nc3c(F)cccc3F)cccc2c1. The topological polar surface area (TPSA) is 59.1 Å². The molecule has 118 valence electrons. The van der Waals surface area contributed by atoms with Crippen molar-refractivity contribution < 1.29 is 17.2 Å². The smallest absolute Gasteiger partial charge is 0.264 e. The molecule has 0 unspecified atom stereocenters. The van der Waals surface area contributed by atoms with Gasteiger partial charge in [-0.25, -0.2) is 17.2 Å². The third-order valence-corrected chi connectivity index (χ3v) is 4.68. The second-order valence-electron chi connectivity index (χ2n) is 5.04. The molecule has 1 aromatic heterocycles. The number of hydrogen-bond donors (Lipinski definition) is 1. The summed E-state index contributed by atoms with van der Waals surface area (Å²) in [4.78, 5) is 3.99. The van der Waals surface area contributed by atoms with Gasteiger partial charge in [0.05, 0.1) is 5.52 Å². The Balaban J connectivity index is 2.14. The molecule has 0 radical (unpaired) electrons. The Morgan fingerprint density at radius 3 is 2.39 bits per heavy atom. The van der Waals surface area contributed by atoms with Crippen LogP contribution in [0.3, 0.4) is 0 Å². The first-order chi connectivity index (χ1) is 10.9. The van der Waals surface area contributed by atoms with E-state index in [1.807, 2.05) is 11.6 Å². The summed E-state index contributed by atoms with van der Waals surface area (Å²) < 4.78 is 54.4. The highest BCUT2D eigenvalue weighted by atomic mass is 32.2. The van der Waals surface area contributed by atoms with Gasteiger partial charge in [0.1, 0.15) is 22.2 Å². The van der Waals surface area contributed by atoms with Gasteiger partial charge in [-0.05, 0) is 36.8 Å². The highest BCUT2D eigenvalue weighted by Crippen LogP contribution is 2.26. The highest BCUT2D eigenvalue weighted by Gasteiger charge is 2.21. The van der Waals surface area contributed by atoms with E-state index in [4.69, 9.17) is 0 Å². The average Bonchev–Trinajstić information content (AvgIpc) is 2.50. The Kier molecular flexibility index (Phi) is 3.73. The van der Waals surface area contributed by atoms with Crippen LogP contribution in [0, 0.1) is 18.6 Å². The van der Waals surface area contributed by atoms with Crippen LogP contribution in [0.4, 0.5) is 14.5 Å². The number of para-hydroxylation sites is 2. The van der Waals surface area contributed by atoms with E-state index in [0.717, 1.165) is 23.8 Å². The molecule has 4 nitrogen and oxygen atoms in total. The zero-order chi connectivity index (χ0) is 16.6. The van der Waals surface area contributed by atoms with Crippen molar-refractivity contribution in [2.75, 3.05) is 4.72 Å². The van der Waals surface area contributed by atoms with Crippen molar-refractivity contribution in [2.45, 2.75) is 11.8 Å². The Bertz CT molecular complexity index is 984. The molecule has 0 atom stereocenters. The number of hydrogen-bond acceptors (Lipinski definition) is 3. The summed E-state index contributed by atoms with van der Waals surface area (Å²) in [6, 6.07) is 9.51. The molecule has 0 bridgehead atoms. The van der Waals surface area contributed by atoms with Gasteiger partial charge in [0, 0.05) is 11.6 Å². The van der Waals surface area contributed by atoms with Gasteiger partial charge in [-0.15, -0.1) is 0 Å². The molecule has 0 amide bonds.